The number of benzene rings is 1. The normalized spacial score (nSPS) is 23.2. The minimum Gasteiger partial charge on any atom is -0.322 e. The van der Waals surface area contributed by atoms with E-state index in [2.05, 4.69) is 33.5 Å². The minimum atomic E-state index is -0.181. The summed E-state index contributed by atoms with van der Waals surface area (Å²) in [5, 5.41) is 6.88. The molecular weight excluding hydrogens is 351 g/mol. The van der Waals surface area contributed by atoms with Gasteiger partial charge in [-0.3, -0.25) is 4.79 Å². The molecule has 1 heterocycles. The Kier molecular flexibility index (Phi) is 5.12. The van der Waals surface area contributed by atoms with E-state index in [0.29, 0.717) is 21.7 Å². The molecule has 2 unspecified atom stereocenters. The van der Waals surface area contributed by atoms with Gasteiger partial charge in [-0.25, -0.2) is 0 Å². The van der Waals surface area contributed by atoms with Gasteiger partial charge in [-0.05, 0) is 37.4 Å². The Morgan fingerprint density at radius 2 is 2.05 bits per heavy atom. The molecule has 0 spiro atoms. The zero-order valence-electron chi connectivity index (χ0n) is 10.5. The summed E-state index contributed by atoms with van der Waals surface area (Å²) in [6.07, 6.45) is 1.93. The Morgan fingerprint density at radius 1 is 1.42 bits per heavy atom. The number of anilines is 1. The Labute approximate surface area is 131 Å². The smallest absolute Gasteiger partial charge is 0.241 e. The van der Waals surface area contributed by atoms with E-state index < -0.39 is 0 Å². The maximum Gasteiger partial charge on any atom is 0.241 e. The number of rotatable bonds is 2. The Morgan fingerprint density at radius 3 is 2.63 bits per heavy atom. The van der Waals surface area contributed by atoms with Crippen molar-refractivity contribution in [2.24, 2.45) is 5.92 Å². The summed E-state index contributed by atoms with van der Waals surface area (Å²) in [4.78, 5) is 12.2. The summed E-state index contributed by atoms with van der Waals surface area (Å²) < 4.78 is 0.782. The number of carbonyl (C=O) groups is 1. The lowest BCUT2D eigenvalue weighted by Crippen LogP contribution is -2.45. The van der Waals surface area contributed by atoms with Crippen molar-refractivity contribution in [3.05, 3.63) is 26.7 Å². The van der Waals surface area contributed by atoms with Crippen LogP contribution in [0.5, 0.6) is 0 Å². The third-order valence-corrected chi connectivity index (χ3v) is 4.29. The fraction of sp³-hybridized carbons (Fsp3) is 0.462. The summed E-state index contributed by atoms with van der Waals surface area (Å²) in [7, 11) is 0. The second-order valence-corrected chi connectivity index (χ2v) is 6.60. The molecule has 1 aliphatic rings. The topological polar surface area (TPSA) is 41.1 Å². The molecule has 0 aromatic heterocycles. The lowest BCUT2D eigenvalue weighted by molar-refractivity contribution is -0.119. The van der Waals surface area contributed by atoms with Gasteiger partial charge in [0.2, 0.25) is 5.91 Å². The summed E-state index contributed by atoms with van der Waals surface area (Å²) in [5.41, 5.74) is 0.469. The van der Waals surface area contributed by atoms with Crippen molar-refractivity contribution < 1.29 is 4.79 Å². The molecule has 1 amide bonds. The summed E-state index contributed by atoms with van der Waals surface area (Å²) in [6.45, 7) is 3.02. The first-order valence-electron chi connectivity index (χ1n) is 6.16. The first-order valence-corrected chi connectivity index (χ1v) is 7.71. The van der Waals surface area contributed by atoms with Gasteiger partial charge in [-0.15, -0.1) is 0 Å². The van der Waals surface area contributed by atoms with Crippen molar-refractivity contribution in [3.63, 3.8) is 0 Å². The largest absolute Gasteiger partial charge is 0.322 e. The Balaban J connectivity index is 2.10. The van der Waals surface area contributed by atoms with Gasteiger partial charge in [-0.2, -0.15) is 0 Å². The van der Waals surface area contributed by atoms with Gasteiger partial charge in [-0.1, -0.05) is 46.1 Å². The molecule has 0 saturated carbocycles. The molecule has 0 bridgehead atoms. The van der Waals surface area contributed by atoms with Gasteiger partial charge in [0.05, 0.1) is 21.8 Å². The van der Waals surface area contributed by atoms with Crippen LogP contribution in [0, 0.1) is 5.92 Å². The molecule has 0 radical (unpaired) electrons. The van der Waals surface area contributed by atoms with Gasteiger partial charge in [0, 0.05) is 4.47 Å². The van der Waals surface area contributed by atoms with Crippen LogP contribution in [0.2, 0.25) is 10.0 Å². The highest BCUT2D eigenvalue weighted by Crippen LogP contribution is 2.34. The quantitative estimate of drug-likeness (QED) is 0.828. The number of hydrogen-bond acceptors (Lipinski definition) is 2. The molecule has 1 fully saturated rings. The van der Waals surface area contributed by atoms with E-state index in [1.54, 1.807) is 12.1 Å². The molecule has 2 atom stereocenters. The van der Waals surface area contributed by atoms with Crippen LogP contribution >= 0.6 is 39.1 Å². The van der Waals surface area contributed by atoms with Crippen LogP contribution in [0.15, 0.2) is 16.6 Å². The minimum absolute atomic E-state index is 0.0855. The Bertz CT molecular complexity index is 473. The zero-order valence-corrected chi connectivity index (χ0v) is 13.6. The lowest BCUT2D eigenvalue weighted by Gasteiger charge is -2.27. The van der Waals surface area contributed by atoms with Crippen LogP contribution in [0.3, 0.4) is 0 Å². The second kappa shape index (κ2) is 6.44. The van der Waals surface area contributed by atoms with E-state index in [4.69, 9.17) is 23.2 Å². The SMILES string of the molecule is CC1CCNC(C(=O)Nc2c(Cl)cc(Br)cc2Cl)C1. The third kappa shape index (κ3) is 3.85. The van der Waals surface area contributed by atoms with Crippen LogP contribution in [-0.2, 0) is 4.79 Å². The molecule has 19 heavy (non-hydrogen) atoms. The van der Waals surface area contributed by atoms with Crippen molar-refractivity contribution in [1.82, 2.24) is 5.32 Å². The number of piperidine rings is 1. The molecule has 2 rings (SSSR count). The average Bonchev–Trinajstić information content (AvgIpc) is 2.33. The molecule has 3 nitrogen and oxygen atoms in total. The fourth-order valence-electron chi connectivity index (χ4n) is 2.18. The summed E-state index contributed by atoms with van der Waals surface area (Å²) in [6, 6.07) is 3.24. The van der Waals surface area contributed by atoms with Crippen LogP contribution in [0.1, 0.15) is 19.8 Å². The molecule has 1 saturated heterocycles. The van der Waals surface area contributed by atoms with E-state index in [0.717, 1.165) is 23.9 Å². The van der Waals surface area contributed by atoms with Crippen molar-refractivity contribution in [1.29, 1.82) is 0 Å². The van der Waals surface area contributed by atoms with Crippen LogP contribution in [-0.4, -0.2) is 18.5 Å². The van der Waals surface area contributed by atoms with Gasteiger partial charge < -0.3 is 10.6 Å². The highest BCUT2D eigenvalue weighted by Gasteiger charge is 2.25. The van der Waals surface area contributed by atoms with Crippen molar-refractivity contribution >= 4 is 50.7 Å². The number of carbonyl (C=O) groups excluding carboxylic acids is 1. The number of amides is 1. The molecule has 104 valence electrons. The predicted octanol–water partition coefficient (Wildman–Crippen LogP) is 4.08. The molecule has 0 aliphatic carbocycles. The number of halogens is 3. The third-order valence-electron chi connectivity index (χ3n) is 3.24. The van der Waals surface area contributed by atoms with Gasteiger partial charge in [0.1, 0.15) is 0 Å². The van der Waals surface area contributed by atoms with E-state index in [-0.39, 0.29) is 11.9 Å². The first-order chi connectivity index (χ1) is 8.97. The maximum atomic E-state index is 12.2. The lowest BCUT2D eigenvalue weighted by atomic mass is 9.94. The standard InChI is InChI=1S/C13H15BrCl2N2O/c1-7-2-3-17-11(4-7)13(19)18-12-9(15)5-8(14)6-10(12)16/h5-7,11,17H,2-4H2,1H3,(H,18,19). The summed E-state index contributed by atoms with van der Waals surface area (Å²) >= 11 is 15.5. The van der Waals surface area contributed by atoms with Crippen LogP contribution in [0.4, 0.5) is 5.69 Å². The van der Waals surface area contributed by atoms with E-state index in [9.17, 15) is 4.79 Å². The van der Waals surface area contributed by atoms with Gasteiger partial charge >= 0.3 is 0 Å². The van der Waals surface area contributed by atoms with Crippen molar-refractivity contribution in [2.45, 2.75) is 25.8 Å². The Hall–Kier alpha value is -0.290. The highest BCUT2D eigenvalue weighted by atomic mass is 79.9. The monoisotopic (exact) mass is 364 g/mol. The molecular formula is C13H15BrCl2N2O. The number of nitrogens with one attached hydrogen (secondary N) is 2. The maximum absolute atomic E-state index is 12.2. The first kappa shape index (κ1) is 15.1. The van der Waals surface area contributed by atoms with Gasteiger partial charge in [0.15, 0.2) is 0 Å². The van der Waals surface area contributed by atoms with Crippen molar-refractivity contribution in [2.75, 3.05) is 11.9 Å². The molecule has 1 aromatic carbocycles. The van der Waals surface area contributed by atoms with E-state index >= 15 is 0 Å². The predicted molar refractivity (Wildman–Crippen MR) is 83.0 cm³/mol. The molecule has 2 N–H and O–H groups in total. The molecule has 6 heteroatoms. The van der Waals surface area contributed by atoms with E-state index in [1.807, 2.05) is 0 Å². The van der Waals surface area contributed by atoms with Crippen LogP contribution in [0.25, 0.3) is 0 Å². The van der Waals surface area contributed by atoms with Crippen LogP contribution < -0.4 is 10.6 Å². The second-order valence-electron chi connectivity index (χ2n) is 4.87. The number of hydrogen-bond donors (Lipinski definition) is 2. The molecule has 1 aromatic rings. The summed E-state index contributed by atoms with van der Waals surface area (Å²) in [5.74, 6) is 0.463. The zero-order chi connectivity index (χ0) is 14.0. The van der Waals surface area contributed by atoms with Crippen molar-refractivity contribution in [3.8, 4) is 0 Å². The highest BCUT2D eigenvalue weighted by molar-refractivity contribution is 9.10. The fourth-order valence-corrected chi connectivity index (χ4v) is 3.48. The van der Waals surface area contributed by atoms with E-state index in [1.165, 1.54) is 0 Å². The molecule has 1 aliphatic heterocycles. The average molecular weight is 366 g/mol. The van der Waals surface area contributed by atoms with Gasteiger partial charge in [0.25, 0.3) is 0 Å².